The highest BCUT2D eigenvalue weighted by molar-refractivity contribution is 8.04. The van der Waals surface area contributed by atoms with Crippen LogP contribution in [0.1, 0.15) is 23.4 Å². The molecule has 1 N–H and O–H groups in total. The molecule has 6 aromatic carbocycles. The Kier molecular flexibility index (Phi) is 21.9. The van der Waals surface area contributed by atoms with Crippen LogP contribution in [0.4, 0.5) is 17.1 Å². The van der Waals surface area contributed by atoms with Gasteiger partial charge in [-0.1, -0.05) is 132 Å². The topological polar surface area (TPSA) is 181 Å². The van der Waals surface area contributed by atoms with Crippen LogP contribution in [0, 0.1) is 0 Å². The van der Waals surface area contributed by atoms with Crippen LogP contribution in [0.5, 0.6) is 0 Å². The highest BCUT2D eigenvalue weighted by Gasteiger charge is 2.29. The number of anilines is 3. The van der Waals surface area contributed by atoms with Gasteiger partial charge in [-0.25, -0.2) is 8.42 Å². The number of hydrogen-bond acceptors (Lipinski definition) is 17. The van der Waals surface area contributed by atoms with Gasteiger partial charge < -0.3 is 47.7 Å². The molecule has 0 spiro atoms. The van der Waals surface area contributed by atoms with Crippen LogP contribution in [-0.4, -0.2) is 136 Å². The zero-order valence-electron chi connectivity index (χ0n) is 46.6. The first kappa shape index (κ1) is 61.2. The predicted octanol–water partition coefficient (Wildman–Crippen LogP) is 10.8. The van der Waals surface area contributed by atoms with Crippen molar-refractivity contribution in [3.05, 3.63) is 178 Å². The summed E-state index contributed by atoms with van der Waals surface area (Å²) in [6, 6.07) is 41.4. The average molecular weight is 1230 g/mol. The average Bonchev–Trinajstić information content (AvgIpc) is 3.45. The van der Waals surface area contributed by atoms with Gasteiger partial charge in [0.05, 0.1) is 117 Å². The van der Waals surface area contributed by atoms with E-state index in [0.717, 1.165) is 80.9 Å². The quantitative estimate of drug-likeness (QED) is 0.0182. The van der Waals surface area contributed by atoms with Crippen LogP contribution in [0.25, 0.3) is 37.8 Å². The van der Waals surface area contributed by atoms with Crippen molar-refractivity contribution in [2.75, 3.05) is 125 Å². The normalized spacial score (nSPS) is 15.2. The van der Waals surface area contributed by atoms with E-state index in [4.69, 9.17) is 28.4 Å². The van der Waals surface area contributed by atoms with E-state index in [0.29, 0.717) is 105 Å². The SMILES string of the molecule is O=S(=O)([O-])CCC[n+]1c(/C=C/C=C2/Sc3ccccc3N2CCOCCOCCOCCOCCOCCOCCN2/C(=C\C=C=C3Sc4ccc5ccccc5c4N3CCCS(=O)(=O)O)Cc3ccccc32)sc2ccc3ccccc3c21. The maximum Gasteiger partial charge on any atom is 0.264 e. The van der Waals surface area contributed by atoms with E-state index in [1.807, 2.05) is 54.6 Å². The van der Waals surface area contributed by atoms with Gasteiger partial charge in [0.1, 0.15) is 9.73 Å². The lowest BCUT2D eigenvalue weighted by atomic mass is 10.1. The van der Waals surface area contributed by atoms with E-state index in [9.17, 15) is 25.9 Å². The predicted molar refractivity (Wildman–Crippen MR) is 336 cm³/mol. The maximum absolute atomic E-state index is 11.6. The Balaban J connectivity index is 0.586. The molecule has 0 fully saturated rings. The molecule has 0 bridgehead atoms. The van der Waals surface area contributed by atoms with Crippen molar-refractivity contribution in [2.24, 2.45) is 0 Å². The molecule has 84 heavy (non-hydrogen) atoms. The second-order valence-corrected chi connectivity index (χ2v) is 26.1. The fraction of sp³-hybridized carbons (Fsp3) is 0.333. The van der Waals surface area contributed by atoms with Crippen molar-refractivity contribution in [2.45, 2.75) is 35.6 Å². The Morgan fingerprint density at radius 2 is 1.18 bits per heavy atom. The Morgan fingerprint density at radius 1 is 0.583 bits per heavy atom. The van der Waals surface area contributed by atoms with Crippen molar-refractivity contribution in [3.63, 3.8) is 0 Å². The highest BCUT2D eigenvalue weighted by Crippen LogP contribution is 2.49. The number of allylic oxidation sites excluding steroid dienone is 5. The van der Waals surface area contributed by atoms with Gasteiger partial charge >= 0.3 is 0 Å². The number of benzene rings is 6. The van der Waals surface area contributed by atoms with Gasteiger partial charge in [0.2, 0.25) is 5.52 Å². The maximum atomic E-state index is 11.6. The molecular formula is C63H68N4O12S5. The molecule has 0 atom stereocenters. The number of aromatic nitrogens is 1. The van der Waals surface area contributed by atoms with Crippen LogP contribution in [0.2, 0.25) is 0 Å². The number of thioether (sulfide) groups is 2. The molecule has 1 aromatic heterocycles. The number of para-hydroxylation sites is 2. The molecule has 0 saturated heterocycles. The van der Waals surface area contributed by atoms with Gasteiger partial charge in [-0.05, 0) is 77.4 Å². The van der Waals surface area contributed by atoms with Crippen molar-refractivity contribution in [1.29, 1.82) is 0 Å². The monoisotopic (exact) mass is 1230 g/mol. The zero-order valence-corrected chi connectivity index (χ0v) is 50.6. The minimum absolute atomic E-state index is 0.228. The first-order valence-electron chi connectivity index (χ1n) is 28.1. The Labute approximate surface area is 504 Å². The summed E-state index contributed by atoms with van der Waals surface area (Å²) in [7, 11) is -8.41. The molecule has 3 aliphatic heterocycles. The summed E-state index contributed by atoms with van der Waals surface area (Å²) < 4.78 is 105. The summed E-state index contributed by atoms with van der Waals surface area (Å²) >= 11 is 4.95. The number of ether oxygens (including phenoxy) is 6. The first-order chi connectivity index (χ1) is 41.0. The number of nitrogens with zero attached hydrogens (tertiary/aromatic N) is 4. The molecule has 0 saturated carbocycles. The third kappa shape index (κ3) is 16.6. The van der Waals surface area contributed by atoms with E-state index >= 15 is 0 Å². The van der Waals surface area contributed by atoms with Crippen molar-refractivity contribution >= 4 is 110 Å². The third-order valence-electron chi connectivity index (χ3n) is 14.1. The number of thiazole rings is 1. The van der Waals surface area contributed by atoms with Crippen molar-refractivity contribution in [3.8, 4) is 0 Å². The molecule has 10 rings (SSSR count). The van der Waals surface area contributed by atoms with Gasteiger partial charge in [-0.2, -0.15) is 13.0 Å². The summed E-state index contributed by atoms with van der Waals surface area (Å²) in [5.74, 6) is -0.726. The molecule has 442 valence electrons. The number of rotatable bonds is 32. The zero-order chi connectivity index (χ0) is 58.1. The molecular weight excluding hydrogens is 1170 g/mol. The smallest absolute Gasteiger partial charge is 0.264 e. The highest BCUT2D eigenvalue weighted by atomic mass is 32.2. The molecule has 0 radical (unpaired) electrons. The van der Waals surface area contributed by atoms with Crippen LogP contribution in [-0.2, 0) is 61.6 Å². The van der Waals surface area contributed by atoms with E-state index in [2.05, 4.69) is 122 Å². The third-order valence-corrected chi connectivity index (χ3v) is 19.1. The fourth-order valence-corrected chi connectivity index (χ4v) is 14.6. The van der Waals surface area contributed by atoms with Crippen LogP contribution in [0.15, 0.2) is 177 Å². The van der Waals surface area contributed by atoms with E-state index in [1.54, 1.807) is 34.9 Å². The van der Waals surface area contributed by atoms with E-state index in [1.165, 1.54) is 10.5 Å². The molecule has 21 heteroatoms. The Hall–Kier alpha value is -5.85. The second kappa shape index (κ2) is 30.0. The lowest BCUT2D eigenvalue weighted by molar-refractivity contribution is -0.667. The van der Waals surface area contributed by atoms with E-state index in [-0.39, 0.29) is 18.6 Å². The summed E-state index contributed by atoms with van der Waals surface area (Å²) in [6.07, 6.45) is 11.5. The first-order valence-corrected chi connectivity index (χ1v) is 33.7. The molecule has 0 unspecified atom stereocenters. The fourth-order valence-electron chi connectivity index (χ4n) is 10.3. The van der Waals surface area contributed by atoms with Crippen LogP contribution >= 0.6 is 34.9 Å². The largest absolute Gasteiger partial charge is 0.748 e. The van der Waals surface area contributed by atoms with Gasteiger partial charge in [-0.3, -0.25) is 4.55 Å². The van der Waals surface area contributed by atoms with Gasteiger partial charge in [-0.15, -0.1) is 0 Å². The molecule has 0 aliphatic carbocycles. The molecule has 0 amide bonds. The summed E-state index contributed by atoms with van der Waals surface area (Å²) in [5, 5.41) is 7.27. The van der Waals surface area contributed by atoms with Crippen molar-refractivity contribution in [1.82, 2.24) is 0 Å². The van der Waals surface area contributed by atoms with Crippen LogP contribution < -0.4 is 19.3 Å². The lowest BCUT2D eigenvalue weighted by Crippen LogP contribution is -2.36. The molecule has 7 aromatic rings. The van der Waals surface area contributed by atoms with Crippen LogP contribution in [0.3, 0.4) is 0 Å². The van der Waals surface area contributed by atoms with Gasteiger partial charge in [0.25, 0.3) is 15.1 Å². The summed E-state index contributed by atoms with van der Waals surface area (Å²) in [4.78, 5) is 8.90. The minimum Gasteiger partial charge on any atom is -0.748 e. The van der Waals surface area contributed by atoms with Gasteiger partial charge in [0, 0.05) is 70.9 Å². The van der Waals surface area contributed by atoms with Crippen molar-refractivity contribution < 1.29 is 58.9 Å². The number of fused-ring (bicyclic) bond motifs is 8. The summed E-state index contributed by atoms with van der Waals surface area (Å²) in [6.45, 7) is 7.68. The number of hydrogen-bond donors (Lipinski definition) is 1. The number of aryl methyl sites for hydroxylation is 1. The lowest BCUT2D eigenvalue weighted by Gasteiger charge is -2.21. The Bertz CT molecular complexity index is 3810. The Morgan fingerprint density at radius 3 is 1.87 bits per heavy atom. The molecule has 3 aliphatic rings. The second-order valence-electron chi connectivity index (χ2n) is 19.9. The summed E-state index contributed by atoms with van der Waals surface area (Å²) in [5.41, 5.74) is 10.2. The van der Waals surface area contributed by atoms with E-state index < -0.39 is 26.0 Å². The minimum atomic E-state index is -4.33. The standard InChI is InChI=1S/C63H68N4O12S5/c68-83(69,70)45-11-29-66-60(81-57-27-25-48-13-1-4-17-52(48)62(57)66)22-9-16-51-47-50-15-3-6-19-54(50)64(51)31-33-74-35-37-76-39-41-78-43-44-79-42-40-77-38-36-75-34-32-65-55-20-7-8-21-56(55)80-59(65)23-10-24-61-67(30-12-46-84(71,72)73)63-53-18-5-2-14-49(53)26-28-58(63)82-61/h1-10,13-21,23-28H,11-12,29-47H2,(H-,68,69,70,71,72,73)/b51-16-. The molecule has 4 heterocycles. The van der Waals surface area contributed by atoms with Gasteiger partial charge in [0.15, 0.2) is 6.54 Å². The molecule has 16 nitrogen and oxygen atoms in total.